The van der Waals surface area contributed by atoms with Crippen molar-refractivity contribution in [1.82, 2.24) is 9.97 Å². The van der Waals surface area contributed by atoms with Gasteiger partial charge >= 0.3 is 9.75 Å². The monoisotopic (exact) mass is 634 g/mol. The maximum atomic E-state index is 12.7. The summed E-state index contributed by atoms with van der Waals surface area (Å²) >= 11 is 6.70. The minimum Gasteiger partial charge on any atom is -0.497 e. The first-order valence-electron chi connectivity index (χ1n) is 14.6. The van der Waals surface area contributed by atoms with Crippen molar-refractivity contribution in [2.75, 3.05) is 14.2 Å². The molecule has 10 atom stereocenters. The molecule has 10 unspecified atom stereocenters. The molecule has 2 aromatic carbocycles. The third kappa shape index (κ3) is 3.64. The average Bonchev–Trinajstić information content (AvgIpc) is 3.81. The van der Waals surface area contributed by atoms with Gasteiger partial charge < -0.3 is 19.4 Å². The van der Waals surface area contributed by atoms with Crippen LogP contribution in [-0.4, -0.2) is 34.7 Å². The van der Waals surface area contributed by atoms with Crippen molar-refractivity contribution in [2.45, 2.75) is 45.2 Å². The fourth-order valence-electron chi connectivity index (χ4n) is 9.56. The number of nitrogens with one attached hydrogen (secondary N) is 2. The summed E-state index contributed by atoms with van der Waals surface area (Å²) in [6.45, 7) is 0. The second kappa shape index (κ2) is 9.55. The van der Waals surface area contributed by atoms with Crippen molar-refractivity contribution in [2.24, 2.45) is 35.5 Å². The predicted octanol–water partition coefficient (Wildman–Crippen LogP) is 6.63. The van der Waals surface area contributed by atoms with E-state index in [1.54, 1.807) is 14.2 Å². The van der Waals surface area contributed by atoms with E-state index in [0.717, 1.165) is 21.6 Å². The molecule has 2 N–H and O–H groups in total. The van der Waals surface area contributed by atoms with E-state index >= 15 is 0 Å². The van der Waals surface area contributed by atoms with Gasteiger partial charge in [-0.15, -0.1) is 23.5 Å². The number of hydrogen-bond acceptors (Lipinski definition) is 8. The van der Waals surface area contributed by atoms with Gasteiger partial charge in [-0.25, -0.2) is 0 Å². The van der Waals surface area contributed by atoms with E-state index in [1.165, 1.54) is 56.4 Å². The Morgan fingerprint density at radius 3 is 1.74 bits per heavy atom. The first-order valence-corrected chi connectivity index (χ1v) is 18.0. The van der Waals surface area contributed by atoms with Gasteiger partial charge in [0.25, 0.3) is 0 Å². The summed E-state index contributed by atoms with van der Waals surface area (Å²) in [5.74, 6) is 5.70. The number of H-pyrrole nitrogens is 2. The topological polar surface area (TPSA) is 84.2 Å². The Kier molecular flexibility index (Phi) is 5.92. The van der Waals surface area contributed by atoms with Gasteiger partial charge in [-0.05, 0) is 83.7 Å². The maximum Gasteiger partial charge on any atom is 0.305 e. The molecule has 3 saturated carbocycles. The van der Waals surface area contributed by atoms with Crippen LogP contribution in [-0.2, 0) is 0 Å². The van der Waals surface area contributed by atoms with Crippen LogP contribution in [0.2, 0.25) is 0 Å². The Balaban J connectivity index is 1.14. The lowest BCUT2D eigenvalue weighted by Crippen LogP contribution is -2.42. The number of ether oxygens (including phenoxy) is 2. The van der Waals surface area contributed by atoms with E-state index < -0.39 is 0 Å². The molecule has 4 heterocycles. The summed E-state index contributed by atoms with van der Waals surface area (Å²) < 4.78 is 11.0. The molecule has 2 bridgehead atoms. The summed E-state index contributed by atoms with van der Waals surface area (Å²) in [6, 6.07) is 17.1. The van der Waals surface area contributed by atoms with Crippen LogP contribution in [0.15, 0.2) is 68.2 Å². The van der Waals surface area contributed by atoms with E-state index in [2.05, 4.69) is 58.5 Å². The van der Waals surface area contributed by atoms with Crippen LogP contribution in [0.5, 0.6) is 11.5 Å². The fraction of sp³-hybridized carbons (Fsp3) is 0.438. The van der Waals surface area contributed by atoms with Crippen molar-refractivity contribution in [3.8, 4) is 11.5 Å². The Hall–Kier alpha value is -2.40. The summed E-state index contributed by atoms with van der Waals surface area (Å²) in [7, 11) is 3.42. The van der Waals surface area contributed by atoms with Gasteiger partial charge in [-0.1, -0.05) is 46.9 Å². The zero-order valence-corrected chi connectivity index (χ0v) is 26.3. The number of hydrogen-bond donors (Lipinski definition) is 2. The lowest BCUT2D eigenvalue weighted by molar-refractivity contribution is 0.148. The number of methoxy groups -OCH3 is 2. The molecule has 2 aromatic heterocycles. The molecule has 0 spiro atoms. The van der Waals surface area contributed by atoms with Crippen LogP contribution in [0.3, 0.4) is 0 Å². The molecule has 0 radical (unpaired) electrons. The Labute approximate surface area is 259 Å². The van der Waals surface area contributed by atoms with Crippen molar-refractivity contribution in [3.63, 3.8) is 0 Å². The highest BCUT2D eigenvalue weighted by Crippen LogP contribution is 2.74. The fourth-order valence-corrected chi connectivity index (χ4v) is 15.2. The van der Waals surface area contributed by atoms with Gasteiger partial charge in [0.2, 0.25) is 0 Å². The molecule has 3 fully saturated rings. The first-order chi connectivity index (χ1) is 20.5. The summed E-state index contributed by atoms with van der Waals surface area (Å²) in [4.78, 5) is 34.2. The van der Waals surface area contributed by atoms with E-state index in [9.17, 15) is 9.59 Å². The number of thiazole rings is 2. The van der Waals surface area contributed by atoms with Crippen molar-refractivity contribution in [3.05, 3.63) is 88.7 Å². The smallest absolute Gasteiger partial charge is 0.305 e. The molecule has 42 heavy (non-hydrogen) atoms. The molecule has 6 nitrogen and oxygen atoms in total. The zero-order valence-electron chi connectivity index (χ0n) is 23.1. The number of fused-ring (bicyclic) bond motifs is 12. The highest BCUT2D eigenvalue weighted by molar-refractivity contribution is 8.00. The van der Waals surface area contributed by atoms with E-state index in [1.807, 2.05) is 23.5 Å². The highest BCUT2D eigenvalue weighted by Gasteiger charge is 2.68. The quantitative estimate of drug-likeness (QED) is 0.262. The minimum atomic E-state index is 0.0506. The molecular formula is C32H30N2O4S4. The third-order valence-corrected chi connectivity index (χ3v) is 15.9. The van der Waals surface area contributed by atoms with Gasteiger partial charge in [0.15, 0.2) is 0 Å². The second-order valence-electron chi connectivity index (χ2n) is 12.4. The number of aromatic nitrogens is 2. The summed E-state index contributed by atoms with van der Waals surface area (Å²) in [6.07, 6.45) is 2.47. The van der Waals surface area contributed by atoms with Crippen LogP contribution in [0.4, 0.5) is 0 Å². The molecule has 4 aromatic rings. The van der Waals surface area contributed by atoms with Crippen molar-refractivity contribution < 1.29 is 9.47 Å². The van der Waals surface area contributed by atoms with Gasteiger partial charge in [0.05, 0.1) is 24.3 Å². The number of benzene rings is 2. The zero-order chi connectivity index (χ0) is 28.3. The highest BCUT2D eigenvalue weighted by atomic mass is 32.2. The molecule has 2 aliphatic heterocycles. The lowest BCUT2D eigenvalue weighted by Gasteiger charge is -2.46. The van der Waals surface area contributed by atoms with E-state index in [-0.39, 0.29) is 21.6 Å². The number of thioether (sulfide) groups is 2. The molecular weight excluding hydrogens is 605 g/mol. The molecule has 10 heteroatoms. The molecule has 3 aliphatic carbocycles. The van der Waals surface area contributed by atoms with Crippen LogP contribution >= 0.6 is 46.2 Å². The van der Waals surface area contributed by atoms with E-state index in [0.29, 0.717) is 46.0 Å². The third-order valence-electron chi connectivity index (χ3n) is 10.8. The normalized spacial score (nSPS) is 35.2. The number of aromatic amines is 2. The van der Waals surface area contributed by atoms with E-state index in [4.69, 9.17) is 9.47 Å². The molecule has 0 amide bonds. The average molecular weight is 635 g/mol. The maximum absolute atomic E-state index is 12.7. The largest absolute Gasteiger partial charge is 0.497 e. The van der Waals surface area contributed by atoms with Gasteiger partial charge in [-0.3, -0.25) is 9.59 Å². The molecule has 9 rings (SSSR count). The minimum absolute atomic E-state index is 0.0506. The van der Waals surface area contributed by atoms with Crippen LogP contribution in [0.1, 0.15) is 45.6 Å². The Bertz CT molecular complexity index is 1790. The van der Waals surface area contributed by atoms with Crippen molar-refractivity contribution in [1.29, 1.82) is 0 Å². The molecule has 5 aliphatic rings. The molecule has 0 saturated heterocycles. The number of rotatable bonds is 4. The second-order valence-corrected chi connectivity index (χ2v) is 16.8. The predicted molar refractivity (Wildman–Crippen MR) is 169 cm³/mol. The van der Waals surface area contributed by atoms with Gasteiger partial charge in [0.1, 0.15) is 11.5 Å². The van der Waals surface area contributed by atoms with Crippen LogP contribution in [0, 0.1) is 35.5 Å². The summed E-state index contributed by atoms with van der Waals surface area (Å²) in [5, 5.41) is 3.14. The van der Waals surface area contributed by atoms with Crippen molar-refractivity contribution >= 4 is 46.2 Å². The molecule has 216 valence electrons. The van der Waals surface area contributed by atoms with Crippen LogP contribution < -0.4 is 19.2 Å². The standard InChI is InChI=1S/C32H30N2O4S4/c1-37-15-7-3-13(4-8-15)21-24-17-11-19(26(24)40-30-27(21)41-32(36)34-30)23-18(17)12-20-25(23)22(14-5-9-16(38-2)10-6-14)28-29(39-20)33-31(35)42-28/h3-10,17-26H,11-12H2,1-2H3,(H,33,35)(H,34,36). The lowest BCUT2D eigenvalue weighted by atomic mass is 9.65. The van der Waals surface area contributed by atoms with Gasteiger partial charge in [0, 0.05) is 32.1 Å². The van der Waals surface area contributed by atoms with Gasteiger partial charge in [-0.2, -0.15) is 0 Å². The Morgan fingerprint density at radius 2 is 1.17 bits per heavy atom. The SMILES string of the molecule is COc1ccc(C2c3sc(=O)[nH]c3SC3C4CC(C5CC6Sc7[nH]c(=O)sc7C(c7ccc(OC)cc7)C6C54)C23)cc1. The summed E-state index contributed by atoms with van der Waals surface area (Å²) in [5.41, 5.74) is 2.59. The Morgan fingerprint density at radius 1 is 0.643 bits per heavy atom. The first kappa shape index (κ1) is 26.0. The van der Waals surface area contributed by atoms with Crippen LogP contribution in [0.25, 0.3) is 0 Å².